The molecule has 1 aliphatic rings. The first-order valence-electron chi connectivity index (χ1n) is 9.43. The summed E-state index contributed by atoms with van der Waals surface area (Å²) in [5, 5.41) is 2.79. The molecule has 1 aliphatic heterocycles. The van der Waals surface area contributed by atoms with E-state index in [1.807, 2.05) is 30.3 Å². The fourth-order valence-electron chi connectivity index (χ4n) is 3.19. The number of nitrogens with zero attached hydrogens (tertiary/aromatic N) is 2. The van der Waals surface area contributed by atoms with Gasteiger partial charge in [-0.2, -0.15) is 0 Å². The molecule has 0 aromatic heterocycles. The molecule has 1 atom stereocenters. The van der Waals surface area contributed by atoms with Gasteiger partial charge in [0, 0.05) is 44.4 Å². The predicted octanol–water partition coefficient (Wildman–Crippen LogP) is 3.43. The van der Waals surface area contributed by atoms with E-state index in [9.17, 15) is 13.6 Å². The van der Waals surface area contributed by atoms with Crippen LogP contribution < -0.4 is 10.1 Å². The van der Waals surface area contributed by atoms with Gasteiger partial charge in [0.05, 0.1) is 6.04 Å². The minimum absolute atomic E-state index is 0.239. The highest BCUT2D eigenvalue weighted by atomic mass is 19.1. The van der Waals surface area contributed by atoms with Crippen molar-refractivity contribution in [2.24, 2.45) is 0 Å². The normalized spacial score (nSPS) is 15.9. The molecular weight excluding hydrogens is 364 g/mol. The number of carbonyl (C=O) groups is 1. The summed E-state index contributed by atoms with van der Waals surface area (Å²) in [6, 6.07) is 12.3. The molecule has 0 spiro atoms. The number of nitrogens with one attached hydrogen (secondary N) is 1. The predicted molar refractivity (Wildman–Crippen MR) is 103 cm³/mol. The second-order valence-electron chi connectivity index (χ2n) is 6.83. The van der Waals surface area contributed by atoms with E-state index < -0.39 is 17.7 Å². The molecule has 1 saturated heterocycles. The molecule has 2 aromatic carbocycles. The zero-order valence-electron chi connectivity index (χ0n) is 15.9. The first kappa shape index (κ1) is 20.1. The van der Waals surface area contributed by atoms with Crippen molar-refractivity contribution in [3.05, 3.63) is 65.7 Å². The minimum atomic E-state index is -0.656. The SMILES string of the molecule is C[C@@H](NC(=O)N1CCN(CCOc2ccccc2)CC1)c1ccc(F)cc1F. The van der Waals surface area contributed by atoms with E-state index in [1.165, 1.54) is 12.1 Å². The average molecular weight is 389 g/mol. The van der Waals surface area contributed by atoms with Crippen molar-refractivity contribution in [2.45, 2.75) is 13.0 Å². The zero-order chi connectivity index (χ0) is 19.9. The number of piperazine rings is 1. The number of carbonyl (C=O) groups excluding carboxylic acids is 1. The number of ether oxygens (including phenoxy) is 1. The van der Waals surface area contributed by atoms with Crippen molar-refractivity contribution in [3.8, 4) is 5.75 Å². The Labute approximate surface area is 163 Å². The minimum Gasteiger partial charge on any atom is -0.492 e. The number of hydrogen-bond acceptors (Lipinski definition) is 3. The number of para-hydroxylation sites is 1. The van der Waals surface area contributed by atoms with Gasteiger partial charge < -0.3 is 15.0 Å². The molecule has 7 heteroatoms. The van der Waals surface area contributed by atoms with E-state index in [-0.39, 0.29) is 11.6 Å². The second kappa shape index (κ2) is 9.50. The molecular formula is C21H25F2N3O2. The molecule has 2 amide bonds. The second-order valence-corrected chi connectivity index (χ2v) is 6.83. The fraction of sp³-hybridized carbons (Fsp3) is 0.381. The number of amides is 2. The highest BCUT2D eigenvalue weighted by Crippen LogP contribution is 2.18. The van der Waals surface area contributed by atoms with E-state index in [0.717, 1.165) is 31.5 Å². The molecule has 0 saturated carbocycles. The van der Waals surface area contributed by atoms with Gasteiger partial charge in [0.15, 0.2) is 0 Å². The van der Waals surface area contributed by atoms with Gasteiger partial charge in [0.25, 0.3) is 0 Å². The first-order valence-corrected chi connectivity index (χ1v) is 9.43. The fourth-order valence-corrected chi connectivity index (χ4v) is 3.19. The van der Waals surface area contributed by atoms with Gasteiger partial charge in [0.2, 0.25) is 0 Å². The number of urea groups is 1. The smallest absolute Gasteiger partial charge is 0.317 e. The van der Waals surface area contributed by atoms with Crippen LogP contribution in [0.15, 0.2) is 48.5 Å². The third-order valence-electron chi connectivity index (χ3n) is 4.85. The van der Waals surface area contributed by atoms with Gasteiger partial charge in [-0.05, 0) is 25.1 Å². The molecule has 1 fully saturated rings. The number of benzene rings is 2. The van der Waals surface area contributed by atoms with Crippen LogP contribution in [0.1, 0.15) is 18.5 Å². The molecule has 150 valence electrons. The maximum Gasteiger partial charge on any atom is 0.317 e. The first-order chi connectivity index (χ1) is 13.5. The summed E-state index contributed by atoms with van der Waals surface area (Å²) in [6.45, 7) is 5.77. The lowest BCUT2D eigenvalue weighted by Crippen LogP contribution is -2.52. The molecule has 5 nitrogen and oxygen atoms in total. The monoisotopic (exact) mass is 389 g/mol. The number of hydrogen-bond donors (Lipinski definition) is 1. The molecule has 1 N–H and O–H groups in total. The molecule has 28 heavy (non-hydrogen) atoms. The summed E-state index contributed by atoms with van der Waals surface area (Å²) in [7, 11) is 0. The van der Waals surface area contributed by atoms with Gasteiger partial charge in [-0.25, -0.2) is 13.6 Å². The van der Waals surface area contributed by atoms with Crippen LogP contribution in [0.4, 0.5) is 13.6 Å². The van der Waals surface area contributed by atoms with E-state index in [4.69, 9.17) is 4.74 Å². The van der Waals surface area contributed by atoms with Gasteiger partial charge >= 0.3 is 6.03 Å². The number of rotatable bonds is 6. The maximum absolute atomic E-state index is 13.9. The summed E-state index contributed by atoms with van der Waals surface area (Å²) >= 11 is 0. The Morgan fingerprint density at radius 3 is 2.50 bits per heavy atom. The van der Waals surface area contributed by atoms with Gasteiger partial charge in [-0.3, -0.25) is 4.90 Å². The van der Waals surface area contributed by atoms with Gasteiger partial charge in [-0.1, -0.05) is 24.3 Å². The van der Waals surface area contributed by atoms with Crippen LogP contribution in [0.2, 0.25) is 0 Å². The van der Waals surface area contributed by atoms with E-state index in [0.29, 0.717) is 19.7 Å². The Bertz CT molecular complexity index is 780. The van der Waals surface area contributed by atoms with Gasteiger partial charge in [0.1, 0.15) is 24.0 Å². The molecule has 0 radical (unpaired) electrons. The third kappa shape index (κ3) is 5.42. The molecule has 0 aliphatic carbocycles. The van der Waals surface area contributed by atoms with E-state index >= 15 is 0 Å². The van der Waals surface area contributed by atoms with Crippen LogP contribution in [-0.4, -0.2) is 55.2 Å². The summed E-state index contributed by atoms with van der Waals surface area (Å²) in [5.74, 6) is -0.439. The van der Waals surface area contributed by atoms with Crippen LogP contribution in [0.5, 0.6) is 5.75 Å². The lowest BCUT2D eigenvalue weighted by Gasteiger charge is -2.35. The van der Waals surface area contributed by atoms with Crippen LogP contribution in [0.25, 0.3) is 0 Å². The molecule has 0 unspecified atom stereocenters. The standard InChI is InChI=1S/C21H25F2N3O2/c1-16(19-8-7-17(22)15-20(19)23)24-21(27)26-11-9-25(10-12-26)13-14-28-18-5-3-2-4-6-18/h2-8,15-16H,9-14H2,1H3,(H,24,27)/t16-/m1/s1. The van der Waals surface area contributed by atoms with Gasteiger partial charge in [-0.15, -0.1) is 0 Å². The van der Waals surface area contributed by atoms with E-state index in [1.54, 1.807) is 11.8 Å². The van der Waals surface area contributed by atoms with Crippen LogP contribution in [0, 0.1) is 11.6 Å². The quantitative estimate of drug-likeness (QED) is 0.823. The molecule has 0 bridgehead atoms. The highest BCUT2D eigenvalue weighted by Gasteiger charge is 2.23. The van der Waals surface area contributed by atoms with Crippen molar-refractivity contribution < 1.29 is 18.3 Å². The Morgan fingerprint density at radius 2 is 1.82 bits per heavy atom. The Balaban J connectivity index is 1.41. The summed E-state index contributed by atoms with van der Waals surface area (Å²) in [5.41, 5.74) is 0.270. The summed E-state index contributed by atoms with van der Waals surface area (Å²) in [4.78, 5) is 16.4. The topological polar surface area (TPSA) is 44.8 Å². The Hall–Kier alpha value is -2.67. The van der Waals surface area contributed by atoms with Crippen molar-refractivity contribution in [1.29, 1.82) is 0 Å². The molecule has 3 rings (SSSR count). The lowest BCUT2D eigenvalue weighted by molar-refractivity contribution is 0.125. The summed E-state index contributed by atoms with van der Waals surface area (Å²) in [6.07, 6.45) is 0. The molecule has 1 heterocycles. The number of halogens is 2. The van der Waals surface area contributed by atoms with Crippen LogP contribution >= 0.6 is 0 Å². The third-order valence-corrected chi connectivity index (χ3v) is 4.85. The van der Waals surface area contributed by atoms with Crippen molar-refractivity contribution in [3.63, 3.8) is 0 Å². The largest absolute Gasteiger partial charge is 0.492 e. The summed E-state index contributed by atoms with van der Waals surface area (Å²) < 4.78 is 32.6. The molecule has 2 aromatic rings. The maximum atomic E-state index is 13.9. The zero-order valence-corrected chi connectivity index (χ0v) is 15.9. The Morgan fingerprint density at radius 1 is 1.11 bits per heavy atom. The van der Waals surface area contributed by atoms with Crippen molar-refractivity contribution in [2.75, 3.05) is 39.3 Å². The lowest BCUT2D eigenvalue weighted by atomic mass is 10.1. The van der Waals surface area contributed by atoms with Crippen molar-refractivity contribution >= 4 is 6.03 Å². The van der Waals surface area contributed by atoms with Crippen molar-refractivity contribution in [1.82, 2.24) is 15.1 Å². The van der Waals surface area contributed by atoms with Crippen LogP contribution in [0.3, 0.4) is 0 Å². The Kier molecular flexibility index (Phi) is 6.81. The van der Waals surface area contributed by atoms with Crippen LogP contribution in [-0.2, 0) is 0 Å². The average Bonchev–Trinajstić information content (AvgIpc) is 2.69. The van der Waals surface area contributed by atoms with E-state index in [2.05, 4.69) is 10.2 Å². The highest BCUT2D eigenvalue weighted by molar-refractivity contribution is 5.74.